The number of carbonyl (C=O) groups is 3. The highest BCUT2D eigenvalue weighted by atomic mass is 32.2. The third kappa shape index (κ3) is 2.62. The van der Waals surface area contributed by atoms with Crippen LogP contribution in [0.3, 0.4) is 0 Å². The Kier molecular flexibility index (Phi) is 3.71. The van der Waals surface area contributed by atoms with E-state index in [-0.39, 0.29) is 37.1 Å². The second-order valence-electron chi connectivity index (χ2n) is 4.36. The fraction of sp³-hybridized carbons (Fsp3) is 0.727. The molecular weight excluding hydrogens is 240 g/mol. The molecule has 0 spiro atoms. The molecule has 0 aliphatic carbocycles. The van der Waals surface area contributed by atoms with Gasteiger partial charge in [-0.15, -0.1) is 0 Å². The summed E-state index contributed by atoms with van der Waals surface area (Å²) in [6.07, 6.45) is 3.53. The van der Waals surface area contributed by atoms with Crippen LogP contribution in [0.5, 0.6) is 0 Å². The molecule has 2 aliphatic rings. The molecule has 0 radical (unpaired) electrons. The molecule has 0 N–H and O–H groups in total. The van der Waals surface area contributed by atoms with Crippen LogP contribution in [0.25, 0.3) is 0 Å². The van der Waals surface area contributed by atoms with E-state index in [9.17, 15) is 14.4 Å². The molecule has 0 unspecified atom stereocenters. The molecule has 0 aromatic heterocycles. The van der Waals surface area contributed by atoms with E-state index in [1.165, 1.54) is 0 Å². The molecule has 2 rings (SSSR count). The molecule has 2 aliphatic heterocycles. The molecule has 2 heterocycles. The predicted molar refractivity (Wildman–Crippen MR) is 64.5 cm³/mol. The molecule has 1 atom stereocenters. The molecular formula is C11H16N2O3S. The van der Waals surface area contributed by atoms with Gasteiger partial charge in [0.25, 0.3) is 0 Å². The molecule has 3 amide bonds. The van der Waals surface area contributed by atoms with Crippen LogP contribution in [0.15, 0.2) is 0 Å². The number of hydrogen-bond acceptors (Lipinski definition) is 4. The first-order chi connectivity index (χ1) is 8.11. The summed E-state index contributed by atoms with van der Waals surface area (Å²) in [5, 5.41) is 0.490. The molecule has 2 saturated heterocycles. The van der Waals surface area contributed by atoms with Gasteiger partial charge < -0.3 is 4.90 Å². The molecule has 0 aromatic carbocycles. The van der Waals surface area contributed by atoms with E-state index in [0.717, 1.165) is 24.4 Å². The van der Waals surface area contributed by atoms with Crippen LogP contribution in [-0.4, -0.2) is 58.7 Å². The van der Waals surface area contributed by atoms with Gasteiger partial charge in [0.15, 0.2) is 0 Å². The van der Waals surface area contributed by atoms with E-state index in [4.69, 9.17) is 0 Å². The van der Waals surface area contributed by atoms with Crippen molar-refractivity contribution < 1.29 is 14.4 Å². The zero-order valence-corrected chi connectivity index (χ0v) is 10.7. The van der Waals surface area contributed by atoms with E-state index >= 15 is 0 Å². The van der Waals surface area contributed by atoms with Crippen molar-refractivity contribution in [1.29, 1.82) is 0 Å². The summed E-state index contributed by atoms with van der Waals surface area (Å²) in [5.41, 5.74) is 0. The van der Waals surface area contributed by atoms with Crippen LogP contribution in [0.1, 0.15) is 19.3 Å². The van der Waals surface area contributed by atoms with Gasteiger partial charge in [-0.2, -0.15) is 11.8 Å². The monoisotopic (exact) mass is 256 g/mol. The highest BCUT2D eigenvalue weighted by molar-refractivity contribution is 7.99. The number of thioether (sulfide) groups is 1. The van der Waals surface area contributed by atoms with Crippen LogP contribution in [0.4, 0.5) is 0 Å². The van der Waals surface area contributed by atoms with Gasteiger partial charge in [-0.3, -0.25) is 19.3 Å². The fourth-order valence-electron chi connectivity index (χ4n) is 2.18. The van der Waals surface area contributed by atoms with Gasteiger partial charge in [-0.05, 0) is 12.7 Å². The summed E-state index contributed by atoms with van der Waals surface area (Å²) in [6, 6.07) is 0. The van der Waals surface area contributed by atoms with E-state index in [1.807, 2.05) is 6.26 Å². The quantitative estimate of drug-likeness (QED) is 0.672. The number of amides is 3. The zero-order valence-electron chi connectivity index (χ0n) is 9.85. The first-order valence-corrected chi connectivity index (χ1v) is 7.04. The molecule has 2 fully saturated rings. The van der Waals surface area contributed by atoms with Crippen LogP contribution < -0.4 is 0 Å². The summed E-state index contributed by atoms with van der Waals surface area (Å²) in [7, 11) is 0. The van der Waals surface area contributed by atoms with Gasteiger partial charge in [0.1, 0.15) is 6.54 Å². The lowest BCUT2D eigenvalue weighted by Crippen LogP contribution is -2.41. The Morgan fingerprint density at radius 2 is 2.00 bits per heavy atom. The minimum Gasteiger partial charge on any atom is -0.340 e. The van der Waals surface area contributed by atoms with E-state index in [2.05, 4.69) is 0 Å². The SMILES string of the molecule is CS[C@@H]1CCN(C(=O)CN2C(=O)CCC2=O)C1. The van der Waals surface area contributed by atoms with Gasteiger partial charge in [-0.1, -0.05) is 0 Å². The van der Waals surface area contributed by atoms with Crippen molar-refractivity contribution in [2.45, 2.75) is 24.5 Å². The molecule has 0 saturated carbocycles. The average Bonchev–Trinajstić information content (AvgIpc) is 2.90. The lowest BCUT2D eigenvalue weighted by molar-refractivity contribution is -0.145. The lowest BCUT2D eigenvalue weighted by Gasteiger charge is -2.20. The molecule has 94 valence electrons. The summed E-state index contributed by atoms with van der Waals surface area (Å²) in [5.74, 6) is -0.543. The van der Waals surface area contributed by atoms with E-state index in [1.54, 1.807) is 16.7 Å². The summed E-state index contributed by atoms with van der Waals surface area (Å²) < 4.78 is 0. The third-order valence-corrected chi connectivity index (χ3v) is 4.33. The molecule has 0 bridgehead atoms. The topological polar surface area (TPSA) is 57.7 Å². The second-order valence-corrected chi connectivity index (χ2v) is 5.50. The first kappa shape index (κ1) is 12.4. The standard InChI is InChI=1S/C11H16N2O3S/c1-17-8-4-5-12(6-8)11(16)7-13-9(14)2-3-10(13)15/h8H,2-7H2,1H3/t8-/m1/s1. The van der Waals surface area contributed by atoms with Crippen LogP contribution >= 0.6 is 11.8 Å². The highest BCUT2D eigenvalue weighted by Crippen LogP contribution is 2.20. The molecule has 0 aromatic rings. The van der Waals surface area contributed by atoms with Crippen LogP contribution in [-0.2, 0) is 14.4 Å². The van der Waals surface area contributed by atoms with Crippen molar-refractivity contribution in [2.24, 2.45) is 0 Å². The van der Waals surface area contributed by atoms with Crippen molar-refractivity contribution in [3.8, 4) is 0 Å². The maximum atomic E-state index is 11.9. The average molecular weight is 256 g/mol. The minimum atomic E-state index is -0.219. The maximum Gasteiger partial charge on any atom is 0.242 e. The Labute approximate surface area is 105 Å². The molecule has 17 heavy (non-hydrogen) atoms. The largest absolute Gasteiger partial charge is 0.340 e. The van der Waals surface area contributed by atoms with E-state index < -0.39 is 0 Å². The van der Waals surface area contributed by atoms with Crippen molar-refractivity contribution >= 4 is 29.5 Å². The number of carbonyl (C=O) groups excluding carboxylic acids is 3. The number of nitrogens with zero attached hydrogens (tertiary/aromatic N) is 2. The van der Waals surface area contributed by atoms with Gasteiger partial charge in [-0.25, -0.2) is 0 Å². The highest BCUT2D eigenvalue weighted by Gasteiger charge is 2.33. The van der Waals surface area contributed by atoms with Gasteiger partial charge in [0.05, 0.1) is 0 Å². The summed E-state index contributed by atoms with van der Waals surface area (Å²) in [4.78, 5) is 37.5. The first-order valence-electron chi connectivity index (χ1n) is 5.75. The third-order valence-electron chi connectivity index (χ3n) is 3.28. The Morgan fingerprint density at radius 1 is 1.35 bits per heavy atom. The summed E-state index contributed by atoms with van der Waals surface area (Å²) in [6.45, 7) is 1.40. The maximum absolute atomic E-state index is 11.9. The number of imide groups is 1. The molecule has 6 heteroatoms. The van der Waals surface area contributed by atoms with Crippen molar-refractivity contribution in [2.75, 3.05) is 25.9 Å². The fourth-order valence-corrected chi connectivity index (χ4v) is 2.85. The van der Waals surface area contributed by atoms with E-state index in [0.29, 0.717) is 5.25 Å². The second kappa shape index (κ2) is 5.08. The molecule has 5 nitrogen and oxygen atoms in total. The minimum absolute atomic E-state index is 0.0707. The normalized spacial score (nSPS) is 24.9. The van der Waals surface area contributed by atoms with Crippen LogP contribution in [0, 0.1) is 0 Å². The van der Waals surface area contributed by atoms with Crippen molar-refractivity contribution in [3.63, 3.8) is 0 Å². The van der Waals surface area contributed by atoms with Crippen LogP contribution in [0.2, 0.25) is 0 Å². The Hall–Kier alpha value is -1.04. The smallest absolute Gasteiger partial charge is 0.242 e. The Balaban J connectivity index is 1.89. The predicted octanol–water partition coefficient (Wildman–Crippen LogP) is 0.0993. The van der Waals surface area contributed by atoms with Gasteiger partial charge >= 0.3 is 0 Å². The number of likely N-dealkylation sites (tertiary alicyclic amines) is 2. The van der Waals surface area contributed by atoms with Crippen molar-refractivity contribution in [3.05, 3.63) is 0 Å². The summed E-state index contributed by atoms with van der Waals surface area (Å²) >= 11 is 1.76. The number of rotatable bonds is 3. The van der Waals surface area contributed by atoms with Crippen molar-refractivity contribution in [1.82, 2.24) is 9.80 Å². The van der Waals surface area contributed by atoms with Gasteiger partial charge in [0.2, 0.25) is 17.7 Å². The Bertz CT molecular complexity index is 343. The Morgan fingerprint density at radius 3 is 2.53 bits per heavy atom. The van der Waals surface area contributed by atoms with Gasteiger partial charge in [0, 0.05) is 31.2 Å². The zero-order chi connectivity index (χ0) is 12.4. The number of hydrogen-bond donors (Lipinski definition) is 0. The lowest BCUT2D eigenvalue weighted by atomic mass is 10.4.